The first-order valence-electron chi connectivity index (χ1n) is 7.99. The van der Waals surface area contributed by atoms with E-state index in [-0.39, 0.29) is 0 Å². The van der Waals surface area contributed by atoms with E-state index in [2.05, 4.69) is 65.3 Å². The molecule has 1 saturated heterocycles. The first kappa shape index (κ1) is 16.3. The molecule has 1 atom stereocenters. The van der Waals surface area contributed by atoms with Gasteiger partial charge >= 0.3 is 0 Å². The van der Waals surface area contributed by atoms with Crippen molar-refractivity contribution in [2.45, 2.75) is 13.0 Å². The van der Waals surface area contributed by atoms with Gasteiger partial charge in [-0.05, 0) is 45.8 Å². The van der Waals surface area contributed by atoms with E-state index < -0.39 is 0 Å². The monoisotopic (exact) mass is 290 g/mol. The van der Waals surface area contributed by atoms with Gasteiger partial charge in [0.1, 0.15) is 0 Å². The summed E-state index contributed by atoms with van der Waals surface area (Å²) in [6, 6.07) is 9.43. The highest BCUT2D eigenvalue weighted by Crippen LogP contribution is 2.20. The van der Waals surface area contributed by atoms with Crippen molar-refractivity contribution in [3.05, 3.63) is 29.8 Å². The van der Waals surface area contributed by atoms with Crippen molar-refractivity contribution in [2.24, 2.45) is 0 Å². The molecule has 1 unspecified atom stereocenters. The molecule has 0 aliphatic carbocycles. The summed E-state index contributed by atoms with van der Waals surface area (Å²) >= 11 is 0. The van der Waals surface area contributed by atoms with Gasteiger partial charge in [0.15, 0.2) is 0 Å². The summed E-state index contributed by atoms with van der Waals surface area (Å²) in [4.78, 5) is 7.32. The topological polar surface area (TPSA) is 21.8 Å². The summed E-state index contributed by atoms with van der Waals surface area (Å²) < 4.78 is 0. The van der Waals surface area contributed by atoms with Crippen molar-refractivity contribution in [3.8, 4) is 0 Å². The lowest BCUT2D eigenvalue weighted by Crippen LogP contribution is -2.48. The molecule has 1 heterocycles. The Bertz CT molecular complexity index is 407. The molecule has 0 bridgehead atoms. The second kappa shape index (κ2) is 7.78. The molecule has 1 aromatic carbocycles. The van der Waals surface area contributed by atoms with Gasteiger partial charge in [0.2, 0.25) is 0 Å². The Labute approximate surface area is 129 Å². The van der Waals surface area contributed by atoms with E-state index in [9.17, 15) is 0 Å². The molecular formula is C17H30N4. The van der Waals surface area contributed by atoms with E-state index in [4.69, 9.17) is 0 Å². The third kappa shape index (κ3) is 4.70. The summed E-state index contributed by atoms with van der Waals surface area (Å²) in [7, 11) is 6.29. The van der Waals surface area contributed by atoms with Crippen LogP contribution in [0.25, 0.3) is 0 Å². The van der Waals surface area contributed by atoms with Gasteiger partial charge in [-0.3, -0.25) is 4.90 Å². The number of anilines is 1. The average molecular weight is 290 g/mol. The molecule has 118 valence electrons. The molecule has 0 spiro atoms. The van der Waals surface area contributed by atoms with Crippen molar-refractivity contribution < 1.29 is 0 Å². The number of hydrogen-bond donors (Lipinski definition) is 1. The maximum atomic E-state index is 3.28. The largest absolute Gasteiger partial charge is 0.369 e. The highest BCUT2D eigenvalue weighted by atomic mass is 15.3. The summed E-state index contributed by atoms with van der Waals surface area (Å²) in [6.07, 6.45) is 0. The highest BCUT2D eigenvalue weighted by Gasteiger charge is 2.17. The third-order valence-electron chi connectivity index (χ3n) is 4.43. The molecule has 2 rings (SSSR count). The van der Waals surface area contributed by atoms with Crippen LogP contribution < -0.4 is 10.2 Å². The highest BCUT2D eigenvalue weighted by molar-refractivity contribution is 5.48. The third-order valence-corrected chi connectivity index (χ3v) is 4.43. The van der Waals surface area contributed by atoms with Gasteiger partial charge < -0.3 is 15.1 Å². The summed E-state index contributed by atoms with van der Waals surface area (Å²) in [6.45, 7) is 9.13. The number of hydrogen-bond acceptors (Lipinski definition) is 4. The Morgan fingerprint density at radius 2 is 1.71 bits per heavy atom. The standard InChI is InChI=1S/C17H30N4/c1-15(18-2)16-5-7-17(8-6-16)21-13-11-20(12-14-21)10-9-19(3)4/h5-8,15,18H,9-14H2,1-4H3. The number of benzene rings is 1. The van der Waals surface area contributed by atoms with Crippen LogP contribution in [-0.2, 0) is 0 Å². The first-order chi connectivity index (χ1) is 10.1. The van der Waals surface area contributed by atoms with Crippen LogP contribution in [0.1, 0.15) is 18.5 Å². The van der Waals surface area contributed by atoms with Crippen LogP contribution >= 0.6 is 0 Å². The number of nitrogens with zero attached hydrogens (tertiary/aromatic N) is 3. The smallest absolute Gasteiger partial charge is 0.0367 e. The predicted octanol–water partition coefficient (Wildman–Crippen LogP) is 1.65. The normalized spacial score (nSPS) is 18.2. The van der Waals surface area contributed by atoms with Crippen molar-refractivity contribution in [3.63, 3.8) is 0 Å². The lowest BCUT2D eigenvalue weighted by Gasteiger charge is -2.36. The SMILES string of the molecule is CNC(C)c1ccc(N2CCN(CCN(C)C)CC2)cc1. The molecule has 1 aliphatic heterocycles. The number of likely N-dealkylation sites (N-methyl/N-ethyl adjacent to an activating group) is 1. The van der Waals surface area contributed by atoms with Gasteiger partial charge in [-0.2, -0.15) is 0 Å². The maximum Gasteiger partial charge on any atom is 0.0367 e. The fourth-order valence-electron chi connectivity index (χ4n) is 2.71. The van der Waals surface area contributed by atoms with Crippen molar-refractivity contribution in [1.29, 1.82) is 0 Å². The van der Waals surface area contributed by atoms with Crippen molar-refractivity contribution in [1.82, 2.24) is 15.1 Å². The minimum Gasteiger partial charge on any atom is -0.369 e. The van der Waals surface area contributed by atoms with E-state index in [0.29, 0.717) is 6.04 Å². The summed E-state index contributed by atoms with van der Waals surface area (Å²) in [5, 5.41) is 3.28. The second-order valence-corrected chi connectivity index (χ2v) is 6.23. The molecule has 1 aromatic rings. The Hall–Kier alpha value is -1.10. The minimum absolute atomic E-state index is 0.418. The van der Waals surface area contributed by atoms with E-state index in [1.54, 1.807) is 0 Å². The average Bonchev–Trinajstić information content (AvgIpc) is 2.53. The lowest BCUT2D eigenvalue weighted by atomic mass is 10.1. The molecule has 0 aromatic heterocycles. The van der Waals surface area contributed by atoms with Crippen molar-refractivity contribution in [2.75, 3.05) is 65.3 Å². The fourth-order valence-corrected chi connectivity index (χ4v) is 2.71. The lowest BCUT2D eigenvalue weighted by molar-refractivity contribution is 0.229. The fraction of sp³-hybridized carbons (Fsp3) is 0.647. The molecule has 4 nitrogen and oxygen atoms in total. The molecular weight excluding hydrogens is 260 g/mol. The van der Waals surface area contributed by atoms with Crippen LogP contribution in [0.2, 0.25) is 0 Å². The molecule has 4 heteroatoms. The van der Waals surface area contributed by atoms with Gasteiger partial charge in [-0.1, -0.05) is 12.1 Å². The van der Waals surface area contributed by atoms with E-state index in [1.807, 2.05) is 7.05 Å². The Balaban J connectivity index is 1.84. The van der Waals surface area contributed by atoms with Crippen molar-refractivity contribution >= 4 is 5.69 Å². The molecule has 21 heavy (non-hydrogen) atoms. The van der Waals surface area contributed by atoms with E-state index in [0.717, 1.165) is 19.6 Å². The van der Waals surface area contributed by atoms with Gasteiger partial charge in [-0.15, -0.1) is 0 Å². The van der Waals surface area contributed by atoms with Gasteiger partial charge in [0, 0.05) is 51.0 Å². The van der Waals surface area contributed by atoms with Crippen LogP contribution in [-0.4, -0.2) is 70.2 Å². The zero-order valence-electron chi connectivity index (χ0n) is 14.0. The Morgan fingerprint density at radius 1 is 1.10 bits per heavy atom. The van der Waals surface area contributed by atoms with Crippen LogP contribution in [0.5, 0.6) is 0 Å². The van der Waals surface area contributed by atoms with Crippen LogP contribution in [0.3, 0.4) is 0 Å². The van der Waals surface area contributed by atoms with Gasteiger partial charge in [0.05, 0.1) is 0 Å². The Morgan fingerprint density at radius 3 is 2.24 bits per heavy atom. The molecule has 0 amide bonds. The van der Waals surface area contributed by atoms with Gasteiger partial charge in [-0.25, -0.2) is 0 Å². The van der Waals surface area contributed by atoms with E-state index in [1.165, 1.54) is 30.9 Å². The molecule has 1 N–H and O–H groups in total. The maximum absolute atomic E-state index is 3.28. The van der Waals surface area contributed by atoms with Crippen LogP contribution in [0.15, 0.2) is 24.3 Å². The summed E-state index contributed by atoms with van der Waals surface area (Å²) in [5.41, 5.74) is 2.71. The zero-order chi connectivity index (χ0) is 15.2. The molecule has 1 fully saturated rings. The van der Waals surface area contributed by atoms with Crippen LogP contribution in [0.4, 0.5) is 5.69 Å². The van der Waals surface area contributed by atoms with Gasteiger partial charge in [0.25, 0.3) is 0 Å². The quantitative estimate of drug-likeness (QED) is 0.860. The number of nitrogens with one attached hydrogen (secondary N) is 1. The minimum atomic E-state index is 0.418. The second-order valence-electron chi connectivity index (χ2n) is 6.23. The molecule has 0 radical (unpaired) electrons. The number of piperazine rings is 1. The summed E-state index contributed by atoms with van der Waals surface area (Å²) in [5.74, 6) is 0. The Kier molecular flexibility index (Phi) is 6.03. The molecule has 0 saturated carbocycles. The first-order valence-corrected chi connectivity index (χ1v) is 7.99. The predicted molar refractivity (Wildman–Crippen MR) is 91.1 cm³/mol. The zero-order valence-corrected chi connectivity index (χ0v) is 14.0. The molecule has 1 aliphatic rings. The number of rotatable bonds is 6. The van der Waals surface area contributed by atoms with E-state index >= 15 is 0 Å². The van der Waals surface area contributed by atoms with Crippen LogP contribution in [0, 0.1) is 0 Å².